The van der Waals surface area contributed by atoms with Crippen LogP contribution in [0.15, 0.2) is 59.6 Å². The first-order chi connectivity index (χ1) is 14.9. The molecule has 3 aromatic carbocycles. The normalized spacial score (nSPS) is 11.8. The topological polar surface area (TPSA) is 69.9 Å². The maximum Gasteiger partial charge on any atom is 0.325 e. The fraction of sp³-hybridized carbons (Fsp3) is 0.208. The van der Waals surface area contributed by atoms with Gasteiger partial charge in [0.05, 0.1) is 17.3 Å². The number of nitrogens with zero attached hydrogens (tertiary/aromatic N) is 2. The van der Waals surface area contributed by atoms with Gasteiger partial charge >= 0.3 is 5.97 Å². The van der Waals surface area contributed by atoms with E-state index in [-0.39, 0.29) is 13.2 Å². The Labute approximate surface area is 183 Å². The van der Waals surface area contributed by atoms with Gasteiger partial charge in [-0.05, 0) is 53.9 Å². The van der Waals surface area contributed by atoms with Gasteiger partial charge in [0.1, 0.15) is 12.3 Å². The number of ether oxygens (including phenoxy) is 2. The van der Waals surface area contributed by atoms with E-state index in [4.69, 9.17) is 9.47 Å². The van der Waals surface area contributed by atoms with Crippen molar-refractivity contribution >= 4 is 44.2 Å². The Bertz CT molecular complexity index is 1370. The fourth-order valence-corrected chi connectivity index (χ4v) is 4.58. The van der Waals surface area contributed by atoms with Crippen LogP contribution in [0.3, 0.4) is 0 Å². The van der Waals surface area contributed by atoms with Gasteiger partial charge in [-0.2, -0.15) is 4.99 Å². The molecule has 0 unspecified atom stereocenters. The highest BCUT2D eigenvalue weighted by Gasteiger charge is 2.14. The van der Waals surface area contributed by atoms with Crippen molar-refractivity contribution in [2.24, 2.45) is 4.99 Å². The summed E-state index contributed by atoms with van der Waals surface area (Å²) in [6.07, 6.45) is 0. The molecule has 1 amide bonds. The van der Waals surface area contributed by atoms with Gasteiger partial charge in [-0.1, -0.05) is 47.7 Å². The Kier molecular flexibility index (Phi) is 5.86. The molecule has 0 atom stereocenters. The summed E-state index contributed by atoms with van der Waals surface area (Å²) in [6, 6.07) is 17.7. The Balaban J connectivity index is 1.63. The van der Waals surface area contributed by atoms with E-state index in [1.807, 2.05) is 62.4 Å². The molecule has 4 rings (SSSR count). The number of methoxy groups -OCH3 is 1. The van der Waals surface area contributed by atoms with E-state index in [0.29, 0.717) is 10.6 Å². The van der Waals surface area contributed by atoms with Gasteiger partial charge in [0.2, 0.25) is 0 Å². The fourth-order valence-electron chi connectivity index (χ4n) is 3.49. The third kappa shape index (κ3) is 4.51. The summed E-state index contributed by atoms with van der Waals surface area (Å²) in [6.45, 7) is 3.79. The number of thiazole rings is 1. The summed E-state index contributed by atoms with van der Waals surface area (Å²) in [5, 5.41) is 2.14. The number of carbonyl (C=O) groups excluding carboxylic acids is 2. The molecular weight excluding hydrogens is 412 g/mol. The zero-order valence-corrected chi connectivity index (χ0v) is 18.4. The molecule has 158 valence electrons. The summed E-state index contributed by atoms with van der Waals surface area (Å²) in [5.74, 6) is -0.222. The second-order valence-electron chi connectivity index (χ2n) is 7.28. The van der Waals surface area contributed by atoms with Crippen molar-refractivity contribution in [3.8, 4) is 5.75 Å². The number of hydrogen-bond acceptors (Lipinski definition) is 5. The van der Waals surface area contributed by atoms with Gasteiger partial charge < -0.3 is 14.0 Å². The summed E-state index contributed by atoms with van der Waals surface area (Å²) >= 11 is 1.38. The molecule has 31 heavy (non-hydrogen) atoms. The van der Waals surface area contributed by atoms with Crippen LogP contribution in [0.4, 0.5) is 0 Å². The van der Waals surface area contributed by atoms with E-state index in [9.17, 15) is 9.59 Å². The Hall–Kier alpha value is -3.45. The van der Waals surface area contributed by atoms with Gasteiger partial charge in [0.25, 0.3) is 5.91 Å². The quantitative estimate of drug-likeness (QED) is 0.443. The van der Waals surface area contributed by atoms with E-state index in [1.165, 1.54) is 18.4 Å². The average molecular weight is 435 g/mol. The first kappa shape index (κ1) is 20.8. The molecule has 0 spiro atoms. The lowest BCUT2D eigenvalue weighted by atomic mass is 10.1. The molecule has 4 aromatic rings. The molecule has 0 radical (unpaired) electrons. The van der Waals surface area contributed by atoms with Crippen molar-refractivity contribution in [3.05, 3.63) is 70.5 Å². The molecule has 1 heterocycles. The molecule has 0 aliphatic heterocycles. The molecule has 6 nitrogen and oxygen atoms in total. The molecule has 0 bridgehead atoms. The summed E-state index contributed by atoms with van der Waals surface area (Å²) < 4.78 is 13.2. The third-order valence-corrected chi connectivity index (χ3v) is 6.16. The number of hydrogen-bond donors (Lipinski definition) is 0. The van der Waals surface area contributed by atoms with Gasteiger partial charge in [0, 0.05) is 0 Å². The highest BCUT2D eigenvalue weighted by Crippen LogP contribution is 2.24. The largest absolute Gasteiger partial charge is 0.484 e. The van der Waals surface area contributed by atoms with Crippen LogP contribution < -0.4 is 9.54 Å². The molecule has 7 heteroatoms. The molecule has 0 fully saturated rings. The summed E-state index contributed by atoms with van der Waals surface area (Å²) in [4.78, 5) is 29.2. The number of esters is 1. The number of aromatic nitrogens is 1. The first-order valence-corrected chi connectivity index (χ1v) is 10.6. The third-order valence-electron chi connectivity index (χ3n) is 4.93. The van der Waals surface area contributed by atoms with Crippen molar-refractivity contribution in [2.45, 2.75) is 20.4 Å². The lowest BCUT2D eigenvalue weighted by Gasteiger charge is -2.06. The van der Waals surface area contributed by atoms with Crippen molar-refractivity contribution in [1.82, 2.24) is 4.57 Å². The lowest BCUT2D eigenvalue weighted by Crippen LogP contribution is -2.23. The minimum absolute atomic E-state index is 0.0168. The SMILES string of the molecule is COC(=O)Cn1c(=NC(=O)COc2ccc3ccccc3c2)sc2c(C)cc(C)cc21. The monoisotopic (exact) mass is 434 g/mol. The highest BCUT2D eigenvalue weighted by atomic mass is 32.1. The molecule has 0 N–H and O–H groups in total. The zero-order chi connectivity index (χ0) is 22.0. The van der Waals surface area contributed by atoms with Crippen molar-refractivity contribution in [1.29, 1.82) is 0 Å². The van der Waals surface area contributed by atoms with Gasteiger partial charge in [0.15, 0.2) is 11.4 Å². The standard InChI is InChI=1S/C24H22N2O4S/c1-15-10-16(2)23-20(11-15)26(13-22(28)29-3)24(31-23)25-21(27)14-30-19-9-8-17-6-4-5-7-18(17)12-19/h4-12H,13-14H2,1-3H3. The van der Waals surface area contributed by atoms with Crippen LogP contribution in [0.5, 0.6) is 5.75 Å². The number of amides is 1. The van der Waals surface area contributed by atoms with Gasteiger partial charge in [-0.15, -0.1) is 0 Å². The van der Waals surface area contributed by atoms with Crippen molar-refractivity contribution < 1.29 is 19.1 Å². The molecule has 0 saturated carbocycles. The van der Waals surface area contributed by atoms with Crippen LogP contribution in [0.25, 0.3) is 21.0 Å². The molecular formula is C24H22N2O4S. The Morgan fingerprint density at radius 1 is 1.03 bits per heavy atom. The lowest BCUT2D eigenvalue weighted by molar-refractivity contribution is -0.141. The number of rotatable bonds is 5. The second-order valence-corrected chi connectivity index (χ2v) is 8.26. The molecule has 1 aromatic heterocycles. The van der Waals surface area contributed by atoms with Crippen LogP contribution in [0.2, 0.25) is 0 Å². The number of aryl methyl sites for hydroxylation is 2. The summed E-state index contributed by atoms with van der Waals surface area (Å²) in [7, 11) is 1.34. The van der Waals surface area contributed by atoms with E-state index in [0.717, 1.165) is 32.1 Å². The van der Waals surface area contributed by atoms with Crippen LogP contribution in [-0.4, -0.2) is 30.2 Å². The predicted octanol–water partition coefficient (Wildman–Crippen LogP) is 4.15. The minimum Gasteiger partial charge on any atom is -0.484 e. The number of carbonyl (C=O) groups is 2. The summed E-state index contributed by atoms with van der Waals surface area (Å²) in [5.41, 5.74) is 2.99. The van der Waals surface area contributed by atoms with Gasteiger partial charge in [-0.25, -0.2) is 0 Å². The molecule has 0 aliphatic carbocycles. The van der Waals surface area contributed by atoms with Crippen LogP contribution >= 0.6 is 11.3 Å². The highest BCUT2D eigenvalue weighted by molar-refractivity contribution is 7.16. The van der Waals surface area contributed by atoms with Gasteiger partial charge in [-0.3, -0.25) is 9.59 Å². The second kappa shape index (κ2) is 8.73. The predicted molar refractivity (Wildman–Crippen MR) is 121 cm³/mol. The van der Waals surface area contributed by atoms with E-state index in [2.05, 4.69) is 11.1 Å². The maximum absolute atomic E-state index is 12.6. The molecule has 0 saturated heterocycles. The van der Waals surface area contributed by atoms with E-state index < -0.39 is 11.9 Å². The van der Waals surface area contributed by atoms with E-state index >= 15 is 0 Å². The van der Waals surface area contributed by atoms with Crippen LogP contribution in [0, 0.1) is 13.8 Å². The number of fused-ring (bicyclic) bond motifs is 2. The Morgan fingerprint density at radius 3 is 2.58 bits per heavy atom. The minimum atomic E-state index is -0.423. The smallest absolute Gasteiger partial charge is 0.325 e. The molecule has 0 aliphatic rings. The zero-order valence-electron chi connectivity index (χ0n) is 17.5. The maximum atomic E-state index is 12.6. The Morgan fingerprint density at radius 2 is 1.81 bits per heavy atom. The first-order valence-electron chi connectivity index (χ1n) is 9.81. The van der Waals surface area contributed by atoms with Crippen molar-refractivity contribution in [2.75, 3.05) is 13.7 Å². The van der Waals surface area contributed by atoms with E-state index in [1.54, 1.807) is 4.57 Å². The number of benzene rings is 3. The van der Waals surface area contributed by atoms with Crippen molar-refractivity contribution in [3.63, 3.8) is 0 Å². The van der Waals surface area contributed by atoms with Crippen LogP contribution in [-0.2, 0) is 20.9 Å². The average Bonchev–Trinajstić information content (AvgIpc) is 3.09. The van der Waals surface area contributed by atoms with Crippen LogP contribution in [0.1, 0.15) is 11.1 Å².